The molecule has 0 amide bonds. The zero-order valence-corrected chi connectivity index (χ0v) is 12.2. The molecule has 4 saturated carbocycles. The second-order valence-corrected chi connectivity index (χ2v) is 8.64. The number of rotatable bonds is 6. The Hall–Kier alpha value is -0.130. The molecule has 0 aromatic heterocycles. The molecule has 4 aliphatic carbocycles. The van der Waals surface area contributed by atoms with Crippen LogP contribution in [0.5, 0.6) is 0 Å². The first-order chi connectivity index (χ1) is 8.94. The maximum Gasteiger partial charge on any atom is 0.267 e. The summed E-state index contributed by atoms with van der Waals surface area (Å²) < 4.78 is 35.2. The SMILES string of the molecule is O=S(=O)(O)CCOCCC12CC3CC(CC(C3)C1)C2. The molecular formula is C14H24O4S. The lowest BCUT2D eigenvalue weighted by molar-refractivity contribution is -0.0682. The van der Waals surface area contributed by atoms with Gasteiger partial charge in [-0.3, -0.25) is 4.55 Å². The third kappa shape index (κ3) is 3.31. The van der Waals surface area contributed by atoms with Crippen LogP contribution < -0.4 is 0 Å². The molecule has 0 saturated heterocycles. The van der Waals surface area contributed by atoms with Gasteiger partial charge in [0, 0.05) is 6.61 Å². The van der Waals surface area contributed by atoms with Gasteiger partial charge in [0.2, 0.25) is 0 Å². The van der Waals surface area contributed by atoms with Gasteiger partial charge in [-0.1, -0.05) is 0 Å². The molecule has 1 N–H and O–H groups in total. The lowest BCUT2D eigenvalue weighted by atomic mass is 9.49. The molecule has 0 atom stereocenters. The molecule has 0 aromatic carbocycles. The third-order valence-corrected chi connectivity index (χ3v) is 6.11. The maximum absolute atomic E-state index is 10.6. The minimum absolute atomic E-state index is 0.116. The fraction of sp³-hybridized carbons (Fsp3) is 1.00. The van der Waals surface area contributed by atoms with E-state index in [2.05, 4.69) is 0 Å². The molecule has 4 aliphatic rings. The van der Waals surface area contributed by atoms with Crippen molar-refractivity contribution in [2.75, 3.05) is 19.0 Å². The summed E-state index contributed by atoms with van der Waals surface area (Å²) in [6, 6.07) is 0. The molecule has 4 rings (SSSR count). The molecule has 4 nitrogen and oxygen atoms in total. The molecule has 0 unspecified atom stereocenters. The number of hydrogen-bond donors (Lipinski definition) is 1. The van der Waals surface area contributed by atoms with Gasteiger partial charge in [0.1, 0.15) is 0 Å². The predicted octanol–water partition coefficient (Wildman–Crippen LogP) is 2.50. The molecule has 4 fully saturated rings. The lowest BCUT2D eigenvalue weighted by Gasteiger charge is -2.57. The topological polar surface area (TPSA) is 63.6 Å². The van der Waals surface area contributed by atoms with E-state index in [0.29, 0.717) is 12.0 Å². The van der Waals surface area contributed by atoms with Gasteiger partial charge in [-0.25, -0.2) is 0 Å². The van der Waals surface area contributed by atoms with E-state index in [0.717, 1.165) is 24.2 Å². The normalized spacial score (nSPS) is 40.8. The van der Waals surface area contributed by atoms with E-state index in [1.54, 1.807) is 0 Å². The van der Waals surface area contributed by atoms with Crippen molar-refractivity contribution in [2.45, 2.75) is 44.9 Å². The fourth-order valence-corrected chi connectivity index (χ4v) is 5.48. The quantitative estimate of drug-likeness (QED) is 0.602. The summed E-state index contributed by atoms with van der Waals surface area (Å²) >= 11 is 0. The molecule has 19 heavy (non-hydrogen) atoms. The lowest BCUT2D eigenvalue weighted by Crippen LogP contribution is -2.46. The van der Waals surface area contributed by atoms with Gasteiger partial charge in [0.05, 0.1) is 12.4 Å². The monoisotopic (exact) mass is 288 g/mol. The van der Waals surface area contributed by atoms with Crippen LogP contribution in [0.3, 0.4) is 0 Å². The Bertz CT molecular complexity index is 393. The first-order valence-corrected chi connectivity index (χ1v) is 9.08. The Balaban J connectivity index is 1.45. The van der Waals surface area contributed by atoms with Crippen LogP contribution in [0.1, 0.15) is 44.9 Å². The highest BCUT2D eigenvalue weighted by molar-refractivity contribution is 7.85. The highest BCUT2D eigenvalue weighted by Gasteiger charge is 2.50. The van der Waals surface area contributed by atoms with E-state index < -0.39 is 10.1 Å². The van der Waals surface area contributed by atoms with Crippen molar-refractivity contribution in [3.8, 4) is 0 Å². The van der Waals surface area contributed by atoms with E-state index in [9.17, 15) is 8.42 Å². The second-order valence-electron chi connectivity index (χ2n) is 7.07. The van der Waals surface area contributed by atoms with Crippen LogP contribution in [0.2, 0.25) is 0 Å². The van der Waals surface area contributed by atoms with E-state index >= 15 is 0 Å². The van der Waals surface area contributed by atoms with E-state index in [1.165, 1.54) is 38.5 Å². The first kappa shape index (κ1) is 13.8. The summed E-state index contributed by atoms with van der Waals surface area (Å²) in [7, 11) is -3.87. The Morgan fingerprint density at radius 3 is 2.00 bits per heavy atom. The predicted molar refractivity (Wildman–Crippen MR) is 72.5 cm³/mol. The minimum Gasteiger partial charge on any atom is -0.380 e. The third-order valence-electron chi connectivity index (χ3n) is 5.43. The smallest absolute Gasteiger partial charge is 0.267 e. The molecule has 110 valence electrons. The Labute approximate surface area is 115 Å². The van der Waals surface area contributed by atoms with Gasteiger partial charge < -0.3 is 4.74 Å². The van der Waals surface area contributed by atoms with Gasteiger partial charge >= 0.3 is 0 Å². The minimum atomic E-state index is -3.87. The van der Waals surface area contributed by atoms with E-state index in [1.807, 2.05) is 0 Å². The summed E-state index contributed by atoms with van der Waals surface area (Å²) in [4.78, 5) is 0. The summed E-state index contributed by atoms with van der Waals surface area (Å²) in [6.45, 7) is 0.757. The van der Waals surface area contributed by atoms with Crippen LogP contribution in [0.4, 0.5) is 0 Å². The van der Waals surface area contributed by atoms with Crippen molar-refractivity contribution < 1.29 is 17.7 Å². The van der Waals surface area contributed by atoms with Gasteiger partial charge in [-0.2, -0.15) is 8.42 Å². The Kier molecular flexibility index (Phi) is 3.65. The van der Waals surface area contributed by atoms with Crippen LogP contribution in [0, 0.1) is 23.2 Å². The zero-order valence-electron chi connectivity index (χ0n) is 11.4. The average Bonchev–Trinajstić information content (AvgIpc) is 2.24. The largest absolute Gasteiger partial charge is 0.380 e. The highest BCUT2D eigenvalue weighted by Crippen LogP contribution is 2.61. The van der Waals surface area contributed by atoms with Crippen LogP contribution >= 0.6 is 0 Å². The molecule has 0 spiro atoms. The molecular weight excluding hydrogens is 264 g/mol. The first-order valence-electron chi connectivity index (χ1n) is 7.47. The van der Waals surface area contributed by atoms with Crippen molar-refractivity contribution in [1.82, 2.24) is 0 Å². The maximum atomic E-state index is 10.6. The number of hydrogen-bond acceptors (Lipinski definition) is 3. The molecule has 5 heteroatoms. The Morgan fingerprint density at radius 2 is 1.53 bits per heavy atom. The molecule has 0 aliphatic heterocycles. The van der Waals surface area contributed by atoms with Gasteiger partial charge in [0.25, 0.3) is 10.1 Å². The average molecular weight is 288 g/mol. The Morgan fingerprint density at radius 1 is 1.00 bits per heavy atom. The second kappa shape index (κ2) is 5.01. The van der Waals surface area contributed by atoms with Crippen molar-refractivity contribution >= 4 is 10.1 Å². The van der Waals surface area contributed by atoms with Crippen molar-refractivity contribution in [2.24, 2.45) is 23.2 Å². The van der Waals surface area contributed by atoms with Crippen LogP contribution in [0.15, 0.2) is 0 Å². The molecule has 0 heterocycles. The van der Waals surface area contributed by atoms with Crippen molar-refractivity contribution in [3.63, 3.8) is 0 Å². The standard InChI is InChI=1S/C14H24O4S/c15-19(16,17)4-3-18-2-1-14-8-11-5-12(9-14)7-13(6-11)10-14/h11-13H,1-10H2,(H,15,16,17). The van der Waals surface area contributed by atoms with Crippen molar-refractivity contribution in [1.29, 1.82) is 0 Å². The van der Waals surface area contributed by atoms with E-state index in [4.69, 9.17) is 9.29 Å². The summed E-state index contributed by atoms with van der Waals surface area (Å²) in [5.74, 6) is 2.56. The van der Waals surface area contributed by atoms with Crippen LogP contribution in [-0.4, -0.2) is 31.9 Å². The molecule has 0 aromatic rings. The summed E-state index contributed by atoms with van der Waals surface area (Å²) in [5.41, 5.74) is 0.493. The van der Waals surface area contributed by atoms with E-state index in [-0.39, 0.29) is 12.4 Å². The van der Waals surface area contributed by atoms with Gasteiger partial charge in [-0.05, 0) is 68.1 Å². The van der Waals surface area contributed by atoms with Crippen molar-refractivity contribution in [3.05, 3.63) is 0 Å². The highest BCUT2D eigenvalue weighted by atomic mass is 32.2. The molecule has 0 radical (unpaired) electrons. The van der Waals surface area contributed by atoms with Gasteiger partial charge in [-0.15, -0.1) is 0 Å². The summed E-state index contributed by atoms with van der Waals surface area (Å²) in [6.07, 6.45) is 9.50. The summed E-state index contributed by atoms with van der Waals surface area (Å²) in [5, 5.41) is 0. The zero-order chi connectivity index (χ0) is 13.5. The van der Waals surface area contributed by atoms with Crippen LogP contribution in [-0.2, 0) is 14.9 Å². The van der Waals surface area contributed by atoms with Gasteiger partial charge in [0.15, 0.2) is 0 Å². The van der Waals surface area contributed by atoms with Crippen LogP contribution in [0.25, 0.3) is 0 Å². The fourth-order valence-electron chi connectivity index (χ4n) is 5.15. The number of ether oxygens (including phenoxy) is 1. The molecule has 4 bridgehead atoms.